The lowest BCUT2D eigenvalue weighted by atomic mass is 9.76. The van der Waals surface area contributed by atoms with Gasteiger partial charge in [-0.3, -0.25) is 14.5 Å². The normalized spacial score (nSPS) is 21.8. The maximum Gasteiger partial charge on any atom is 0.223 e. The van der Waals surface area contributed by atoms with Crippen LogP contribution in [0.15, 0.2) is 48.5 Å². The molecule has 1 saturated heterocycles. The summed E-state index contributed by atoms with van der Waals surface area (Å²) < 4.78 is 11.4. The van der Waals surface area contributed by atoms with Crippen molar-refractivity contribution in [3.05, 3.63) is 65.2 Å². The predicted molar refractivity (Wildman–Crippen MR) is 188 cm³/mol. The molecule has 1 amide bonds. The van der Waals surface area contributed by atoms with Crippen molar-refractivity contribution >= 4 is 11.7 Å². The smallest absolute Gasteiger partial charge is 0.223 e. The highest BCUT2D eigenvalue weighted by molar-refractivity contribution is 5.84. The van der Waals surface area contributed by atoms with Crippen molar-refractivity contribution in [3.63, 3.8) is 0 Å². The number of aliphatic hydroxyl groups is 2. The van der Waals surface area contributed by atoms with Crippen molar-refractivity contribution in [1.29, 1.82) is 0 Å². The second kappa shape index (κ2) is 17.2. The molecular formula is C40H58N2O6. The number of nitrogens with zero attached hydrogens (tertiary/aromatic N) is 2. The van der Waals surface area contributed by atoms with Crippen LogP contribution in [-0.2, 0) is 27.3 Å². The topological polar surface area (TPSA) is 99.5 Å². The fourth-order valence-electron chi connectivity index (χ4n) is 7.70. The zero-order valence-corrected chi connectivity index (χ0v) is 29.4. The summed E-state index contributed by atoms with van der Waals surface area (Å²) in [6.07, 6.45) is 6.66. The second-order valence-electron chi connectivity index (χ2n) is 15.4. The molecule has 0 spiro atoms. The van der Waals surface area contributed by atoms with Crippen LogP contribution >= 0.6 is 0 Å². The molecular weight excluding hydrogens is 604 g/mol. The van der Waals surface area contributed by atoms with Crippen LogP contribution in [0.4, 0.5) is 0 Å². The molecule has 3 aliphatic rings. The monoisotopic (exact) mass is 662 g/mol. The average molecular weight is 663 g/mol. The van der Waals surface area contributed by atoms with E-state index in [1.807, 2.05) is 69.3 Å². The van der Waals surface area contributed by atoms with E-state index in [9.17, 15) is 19.8 Å². The van der Waals surface area contributed by atoms with Crippen LogP contribution < -0.4 is 4.74 Å². The first-order valence-electron chi connectivity index (χ1n) is 18.4. The number of fused-ring (bicyclic) bond motifs is 1. The van der Waals surface area contributed by atoms with Gasteiger partial charge in [0.15, 0.2) is 0 Å². The molecule has 1 aliphatic heterocycles. The Kier molecular flexibility index (Phi) is 13.1. The average Bonchev–Trinajstić information content (AvgIpc) is 3.42. The molecule has 2 fully saturated rings. The van der Waals surface area contributed by atoms with Gasteiger partial charge in [-0.25, -0.2) is 0 Å². The maximum absolute atomic E-state index is 14.1. The van der Waals surface area contributed by atoms with Gasteiger partial charge in [-0.2, -0.15) is 0 Å². The van der Waals surface area contributed by atoms with Gasteiger partial charge >= 0.3 is 0 Å². The number of Topliss-reactive ketones (excluding diaryl/α,β-unsaturated/α-hetero) is 1. The summed E-state index contributed by atoms with van der Waals surface area (Å²) in [6, 6.07) is 15.4. The standard InChI is InChI=1S/C40H58N2O6/c1-40(2,3)37(45)27-32(25-29-9-5-4-6-10-29)35(43)17-18-38(46)42(39-34-12-8-7-11-31(34)26-36(39)44)28-30-13-15-33(16-14-30)48-24-21-41-19-22-47-23-20-41/h7-8,11-16,29,32,35-36,39,43-44H,4-6,9-10,17-28H2,1-3H3/t32-,35+,36-,39+/m1/s1. The predicted octanol–water partition coefficient (Wildman–Crippen LogP) is 6.12. The number of hydrogen-bond donors (Lipinski definition) is 2. The number of ether oxygens (including phenoxy) is 2. The molecule has 2 aromatic rings. The van der Waals surface area contributed by atoms with E-state index in [1.165, 1.54) is 19.3 Å². The van der Waals surface area contributed by atoms with Gasteiger partial charge in [-0.1, -0.05) is 89.3 Å². The summed E-state index contributed by atoms with van der Waals surface area (Å²) in [5.41, 5.74) is 2.52. The minimum absolute atomic E-state index is 0.0980. The number of ketones is 1. The van der Waals surface area contributed by atoms with E-state index in [-0.39, 0.29) is 24.0 Å². The maximum atomic E-state index is 14.1. The highest BCUT2D eigenvalue weighted by Crippen LogP contribution is 2.38. The zero-order chi connectivity index (χ0) is 34.1. The number of benzene rings is 2. The quantitative estimate of drug-likeness (QED) is 0.237. The van der Waals surface area contributed by atoms with Gasteiger partial charge in [-0.05, 0) is 53.5 Å². The first-order chi connectivity index (χ1) is 23.1. The molecule has 2 aromatic carbocycles. The van der Waals surface area contributed by atoms with E-state index in [2.05, 4.69) is 4.90 Å². The minimum atomic E-state index is -0.737. The molecule has 0 unspecified atom stereocenters. The molecule has 8 heteroatoms. The molecule has 8 nitrogen and oxygen atoms in total. The van der Waals surface area contributed by atoms with Crippen LogP contribution in [0.2, 0.25) is 0 Å². The summed E-state index contributed by atoms with van der Waals surface area (Å²) in [5.74, 6) is 1.21. The van der Waals surface area contributed by atoms with Gasteiger partial charge in [0, 0.05) is 50.9 Å². The van der Waals surface area contributed by atoms with Crippen molar-refractivity contribution < 1.29 is 29.3 Å². The van der Waals surface area contributed by atoms with Crippen LogP contribution in [-0.4, -0.2) is 83.4 Å². The molecule has 5 rings (SSSR count). The van der Waals surface area contributed by atoms with Gasteiger partial charge in [0.05, 0.1) is 31.5 Å². The van der Waals surface area contributed by atoms with Gasteiger partial charge < -0.3 is 24.6 Å². The third kappa shape index (κ3) is 10.1. The molecule has 0 bridgehead atoms. The van der Waals surface area contributed by atoms with Crippen LogP contribution in [0.3, 0.4) is 0 Å². The van der Waals surface area contributed by atoms with Gasteiger partial charge in [0.25, 0.3) is 0 Å². The Bertz CT molecular complexity index is 1310. The minimum Gasteiger partial charge on any atom is -0.492 e. The lowest BCUT2D eigenvalue weighted by molar-refractivity contribution is -0.137. The number of morpholine rings is 1. The highest BCUT2D eigenvalue weighted by Gasteiger charge is 2.38. The van der Waals surface area contributed by atoms with Crippen molar-refractivity contribution in [2.75, 3.05) is 39.5 Å². The number of carbonyl (C=O) groups excluding carboxylic acids is 2. The molecule has 264 valence electrons. The first kappa shape index (κ1) is 36.5. The Balaban J connectivity index is 1.26. The van der Waals surface area contributed by atoms with Gasteiger partial charge in [0.2, 0.25) is 5.91 Å². The third-order valence-corrected chi connectivity index (χ3v) is 10.7. The third-order valence-electron chi connectivity index (χ3n) is 10.7. The summed E-state index contributed by atoms with van der Waals surface area (Å²) >= 11 is 0. The van der Waals surface area contributed by atoms with E-state index in [1.54, 1.807) is 4.90 Å². The van der Waals surface area contributed by atoms with E-state index in [0.717, 1.165) is 74.6 Å². The van der Waals surface area contributed by atoms with Gasteiger partial charge in [0.1, 0.15) is 18.1 Å². The lowest BCUT2D eigenvalue weighted by Gasteiger charge is -2.34. The number of rotatable bonds is 15. The second-order valence-corrected chi connectivity index (χ2v) is 15.4. The van der Waals surface area contributed by atoms with Crippen LogP contribution in [0, 0.1) is 17.3 Å². The Hall–Kier alpha value is -2.78. The van der Waals surface area contributed by atoms with Crippen LogP contribution in [0.1, 0.15) is 101 Å². The highest BCUT2D eigenvalue weighted by atomic mass is 16.5. The fraction of sp³-hybridized carbons (Fsp3) is 0.650. The molecule has 0 radical (unpaired) electrons. The Labute approximate surface area is 287 Å². The number of carbonyl (C=O) groups is 2. The lowest BCUT2D eigenvalue weighted by Crippen LogP contribution is -2.39. The van der Waals surface area contributed by atoms with E-state index < -0.39 is 23.7 Å². The summed E-state index contributed by atoms with van der Waals surface area (Å²) in [6.45, 7) is 11.0. The SMILES string of the molecule is CC(C)(C)C(=O)C[C@@H](CC1CCCCC1)[C@@H](O)CCC(=O)N(Cc1ccc(OCCN2CCOCC2)cc1)[C@H]1c2ccccc2C[C@H]1O. The van der Waals surface area contributed by atoms with Crippen molar-refractivity contribution in [1.82, 2.24) is 9.80 Å². The largest absolute Gasteiger partial charge is 0.492 e. The van der Waals surface area contributed by atoms with Crippen molar-refractivity contribution in [2.45, 2.75) is 110 Å². The molecule has 48 heavy (non-hydrogen) atoms. The molecule has 1 saturated carbocycles. The summed E-state index contributed by atoms with van der Waals surface area (Å²) in [7, 11) is 0. The van der Waals surface area contributed by atoms with E-state index in [4.69, 9.17) is 9.47 Å². The molecule has 2 aliphatic carbocycles. The number of amides is 1. The zero-order valence-electron chi connectivity index (χ0n) is 29.4. The van der Waals surface area contributed by atoms with E-state index in [0.29, 0.717) is 38.3 Å². The van der Waals surface area contributed by atoms with Crippen molar-refractivity contribution in [2.24, 2.45) is 17.3 Å². The van der Waals surface area contributed by atoms with Crippen molar-refractivity contribution in [3.8, 4) is 5.75 Å². The van der Waals surface area contributed by atoms with Crippen LogP contribution in [0.5, 0.6) is 5.75 Å². The Morgan fingerprint density at radius 3 is 2.44 bits per heavy atom. The molecule has 0 aromatic heterocycles. The van der Waals surface area contributed by atoms with Crippen LogP contribution in [0.25, 0.3) is 0 Å². The molecule has 1 heterocycles. The number of aliphatic hydroxyl groups excluding tert-OH is 2. The fourth-order valence-corrected chi connectivity index (χ4v) is 7.70. The Morgan fingerprint density at radius 2 is 1.73 bits per heavy atom. The van der Waals surface area contributed by atoms with E-state index >= 15 is 0 Å². The summed E-state index contributed by atoms with van der Waals surface area (Å²) in [5, 5.41) is 22.8. The molecule has 2 N–H and O–H groups in total. The first-order valence-corrected chi connectivity index (χ1v) is 18.4. The van der Waals surface area contributed by atoms with Gasteiger partial charge in [-0.15, -0.1) is 0 Å². The number of hydrogen-bond acceptors (Lipinski definition) is 7. The summed E-state index contributed by atoms with van der Waals surface area (Å²) in [4.78, 5) is 31.4. The molecule has 4 atom stereocenters. The Morgan fingerprint density at radius 1 is 1.02 bits per heavy atom.